The average molecular weight is 391 g/mol. The van der Waals surface area contributed by atoms with Gasteiger partial charge in [0.05, 0.1) is 19.8 Å². The topological polar surface area (TPSA) is 65.0 Å². The van der Waals surface area contributed by atoms with Crippen LogP contribution in [-0.4, -0.2) is 42.8 Å². The van der Waals surface area contributed by atoms with Crippen LogP contribution in [0.2, 0.25) is 0 Å². The maximum Gasteiger partial charge on any atom is 0.302 e. The van der Waals surface area contributed by atoms with Gasteiger partial charge in [0, 0.05) is 30.6 Å². The Morgan fingerprint density at radius 2 is 1.93 bits per heavy atom. The van der Waals surface area contributed by atoms with Crippen molar-refractivity contribution in [3.05, 3.63) is 11.6 Å². The third-order valence-electron chi connectivity index (χ3n) is 9.20. The van der Waals surface area contributed by atoms with Crippen molar-refractivity contribution >= 4 is 5.97 Å². The van der Waals surface area contributed by atoms with Crippen LogP contribution in [0, 0.1) is 28.6 Å². The smallest absolute Gasteiger partial charge is 0.302 e. The molecule has 5 heteroatoms. The third-order valence-corrected chi connectivity index (χ3v) is 9.20. The van der Waals surface area contributed by atoms with Crippen molar-refractivity contribution in [3.8, 4) is 0 Å². The van der Waals surface area contributed by atoms with E-state index in [-0.39, 0.29) is 35.3 Å². The van der Waals surface area contributed by atoms with Crippen LogP contribution in [0.25, 0.3) is 0 Å². The van der Waals surface area contributed by atoms with Crippen LogP contribution in [0.4, 0.5) is 0 Å². The van der Waals surface area contributed by atoms with Gasteiger partial charge < -0.3 is 19.3 Å². The van der Waals surface area contributed by atoms with E-state index in [0.717, 1.165) is 58.2 Å². The Kier molecular flexibility index (Phi) is 4.46. The number of hydrogen-bond donors (Lipinski definition) is 1. The molecule has 1 spiro atoms. The first-order valence-electron chi connectivity index (χ1n) is 11.2. The molecule has 5 nitrogen and oxygen atoms in total. The number of allylic oxidation sites excluding steroid dienone is 1. The SMILES string of the molecule is CC(=O)O[C@H]1CC[C@@]2(CO)C(=CCC3C2CC[C@@]2(C)C3CCC23OCCO3)C1. The number of rotatable bonds is 2. The minimum atomic E-state index is -0.369. The Balaban J connectivity index is 1.44. The molecule has 1 aliphatic heterocycles. The highest BCUT2D eigenvalue weighted by molar-refractivity contribution is 5.66. The predicted octanol–water partition coefficient (Wildman–Crippen LogP) is 3.60. The minimum absolute atomic E-state index is 0.0242. The van der Waals surface area contributed by atoms with Crippen LogP contribution < -0.4 is 0 Å². The van der Waals surface area contributed by atoms with Crippen LogP contribution in [-0.2, 0) is 19.0 Å². The van der Waals surface area contributed by atoms with Crippen molar-refractivity contribution in [2.45, 2.75) is 77.1 Å². The van der Waals surface area contributed by atoms with Gasteiger partial charge in [0.2, 0.25) is 0 Å². The van der Waals surface area contributed by atoms with E-state index in [9.17, 15) is 9.90 Å². The van der Waals surface area contributed by atoms with E-state index < -0.39 is 0 Å². The Bertz CT molecular complexity index is 680. The zero-order valence-electron chi connectivity index (χ0n) is 17.2. The van der Waals surface area contributed by atoms with E-state index in [1.165, 1.54) is 18.9 Å². The number of carbonyl (C=O) groups is 1. The normalized spacial score (nSPS) is 46.5. The third kappa shape index (κ3) is 2.45. The number of hydrogen-bond acceptors (Lipinski definition) is 5. The molecule has 0 aromatic carbocycles. The number of aliphatic hydroxyl groups is 1. The molecule has 0 amide bonds. The van der Waals surface area contributed by atoms with Gasteiger partial charge in [0.1, 0.15) is 6.10 Å². The van der Waals surface area contributed by atoms with Gasteiger partial charge in [-0.25, -0.2) is 0 Å². The summed E-state index contributed by atoms with van der Waals surface area (Å²) in [6.07, 6.45) is 10.4. The van der Waals surface area contributed by atoms with Gasteiger partial charge in [-0.05, 0) is 56.3 Å². The quantitative estimate of drug-likeness (QED) is 0.577. The Morgan fingerprint density at radius 1 is 1.18 bits per heavy atom. The second kappa shape index (κ2) is 6.55. The molecule has 1 N–H and O–H groups in total. The molecular weight excluding hydrogens is 356 g/mol. The second-order valence-electron chi connectivity index (χ2n) is 10.1. The number of fused-ring (bicyclic) bond motifs is 6. The van der Waals surface area contributed by atoms with Crippen LogP contribution in [0.15, 0.2) is 11.6 Å². The fourth-order valence-electron chi connectivity index (χ4n) is 7.94. The molecule has 5 rings (SSSR count). The second-order valence-corrected chi connectivity index (χ2v) is 10.1. The first-order chi connectivity index (χ1) is 13.4. The summed E-state index contributed by atoms with van der Waals surface area (Å²) < 4.78 is 18.0. The average Bonchev–Trinajstić information content (AvgIpc) is 3.27. The summed E-state index contributed by atoms with van der Waals surface area (Å²) in [5.41, 5.74) is 1.31. The highest BCUT2D eigenvalue weighted by atomic mass is 16.7. The zero-order valence-corrected chi connectivity index (χ0v) is 17.2. The van der Waals surface area contributed by atoms with Gasteiger partial charge in [-0.3, -0.25) is 4.79 Å². The molecule has 1 heterocycles. The van der Waals surface area contributed by atoms with Crippen molar-refractivity contribution in [1.29, 1.82) is 0 Å². The molecule has 156 valence electrons. The monoisotopic (exact) mass is 390 g/mol. The van der Waals surface area contributed by atoms with Crippen molar-refractivity contribution in [3.63, 3.8) is 0 Å². The molecule has 4 fully saturated rings. The molecule has 6 atom stereocenters. The van der Waals surface area contributed by atoms with Gasteiger partial charge in [-0.1, -0.05) is 18.6 Å². The van der Waals surface area contributed by atoms with Crippen LogP contribution >= 0.6 is 0 Å². The zero-order chi connectivity index (χ0) is 19.6. The molecule has 28 heavy (non-hydrogen) atoms. The van der Waals surface area contributed by atoms with E-state index in [0.29, 0.717) is 17.8 Å². The summed E-state index contributed by atoms with van der Waals surface area (Å²) >= 11 is 0. The number of esters is 1. The van der Waals surface area contributed by atoms with Crippen LogP contribution in [0.3, 0.4) is 0 Å². The summed E-state index contributed by atoms with van der Waals surface area (Å²) in [5, 5.41) is 10.6. The first kappa shape index (κ1) is 19.1. The summed E-state index contributed by atoms with van der Waals surface area (Å²) in [6, 6.07) is 0. The summed E-state index contributed by atoms with van der Waals surface area (Å²) in [6.45, 7) is 5.55. The van der Waals surface area contributed by atoms with Gasteiger partial charge in [0.15, 0.2) is 5.79 Å². The first-order valence-corrected chi connectivity index (χ1v) is 11.2. The van der Waals surface area contributed by atoms with E-state index in [2.05, 4.69) is 13.0 Å². The van der Waals surface area contributed by atoms with Crippen molar-refractivity contribution in [2.24, 2.45) is 28.6 Å². The van der Waals surface area contributed by atoms with E-state index >= 15 is 0 Å². The van der Waals surface area contributed by atoms with E-state index in [4.69, 9.17) is 14.2 Å². The maximum atomic E-state index is 11.4. The van der Waals surface area contributed by atoms with Gasteiger partial charge in [-0.15, -0.1) is 0 Å². The molecule has 1 saturated heterocycles. The maximum absolute atomic E-state index is 11.4. The van der Waals surface area contributed by atoms with Gasteiger partial charge in [-0.2, -0.15) is 0 Å². The standard InChI is InChI=1S/C23H34O5/c1-15(25)28-17-5-9-22(14-24)16(13-17)3-4-18-19-7-10-23(26-11-12-27-23)21(19,2)8-6-20(18)22/h3,17-20,24H,4-14H2,1-2H3/t17-,18?,19?,20?,21-,22+/m0/s1. The molecule has 0 bridgehead atoms. The Labute approximate surface area is 167 Å². The minimum Gasteiger partial charge on any atom is -0.462 e. The molecule has 5 aliphatic rings. The van der Waals surface area contributed by atoms with Gasteiger partial charge >= 0.3 is 5.97 Å². The lowest BCUT2D eigenvalue weighted by Gasteiger charge is -2.59. The molecule has 3 unspecified atom stereocenters. The molecular formula is C23H34O5. The fraction of sp³-hybridized carbons (Fsp3) is 0.870. The van der Waals surface area contributed by atoms with Crippen molar-refractivity contribution in [2.75, 3.05) is 19.8 Å². The Hall–Kier alpha value is -0.910. The number of aliphatic hydroxyl groups excluding tert-OH is 1. The highest BCUT2D eigenvalue weighted by Gasteiger charge is 2.67. The largest absolute Gasteiger partial charge is 0.462 e. The summed E-state index contributed by atoms with van der Waals surface area (Å²) in [4.78, 5) is 11.4. The molecule has 4 aliphatic carbocycles. The van der Waals surface area contributed by atoms with Crippen molar-refractivity contribution in [1.82, 2.24) is 0 Å². The summed E-state index contributed by atoms with van der Waals surface area (Å²) in [7, 11) is 0. The molecule has 0 radical (unpaired) electrons. The van der Waals surface area contributed by atoms with E-state index in [1.54, 1.807) is 0 Å². The fourth-order valence-corrected chi connectivity index (χ4v) is 7.94. The lowest BCUT2D eigenvalue weighted by molar-refractivity contribution is -0.243. The Morgan fingerprint density at radius 3 is 2.64 bits per heavy atom. The molecule has 3 saturated carbocycles. The van der Waals surface area contributed by atoms with Crippen molar-refractivity contribution < 1.29 is 24.1 Å². The predicted molar refractivity (Wildman–Crippen MR) is 103 cm³/mol. The summed E-state index contributed by atoms with van der Waals surface area (Å²) in [5.74, 6) is 1.14. The van der Waals surface area contributed by atoms with E-state index in [1.807, 2.05) is 0 Å². The van der Waals surface area contributed by atoms with Crippen LogP contribution in [0.1, 0.15) is 65.2 Å². The molecule has 0 aromatic heterocycles. The van der Waals surface area contributed by atoms with Crippen LogP contribution in [0.5, 0.6) is 0 Å². The highest BCUT2D eigenvalue weighted by Crippen LogP contribution is 2.68. The lowest BCUT2D eigenvalue weighted by atomic mass is 9.47. The van der Waals surface area contributed by atoms with Gasteiger partial charge in [0.25, 0.3) is 0 Å². The molecule has 0 aromatic rings. The lowest BCUT2D eigenvalue weighted by Crippen LogP contribution is -2.56. The number of carbonyl (C=O) groups excluding carboxylic acids is 1. The number of ether oxygens (including phenoxy) is 3.